The molecule has 0 aliphatic heterocycles. The molecule has 2 amide bonds. The number of hydrogen-bond donors (Lipinski definition) is 3. The summed E-state index contributed by atoms with van der Waals surface area (Å²) < 4.78 is 31.4. The highest BCUT2D eigenvalue weighted by atomic mass is 32.2. The first kappa shape index (κ1) is 24.1. The van der Waals surface area contributed by atoms with Crippen LogP contribution in [0.4, 0.5) is 16.2 Å². The molecule has 0 aliphatic carbocycles. The van der Waals surface area contributed by atoms with Crippen LogP contribution in [0.15, 0.2) is 60.0 Å². The molecule has 0 spiro atoms. The zero-order chi connectivity index (χ0) is 22.7. The third-order valence-corrected chi connectivity index (χ3v) is 4.94. The summed E-state index contributed by atoms with van der Waals surface area (Å²) in [5.41, 5.74) is 1.70. The topological polar surface area (TPSA) is 114 Å². The van der Waals surface area contributed by atoms with Gasteiger partial charge in [0.1, 0.15) is 0 Å². The average Bonchev–Trinajstić information content (AvgIpc) is 2.72. The Hall–Kier alpha value is -3.17. The Morgan fingerprint density at radius 3 is 2.35 bits per heavy atom. The zero-order valence-electron chi connectivity index (χ0n) is 17.5. The summed E-state index contributed by atoms with van der Waals surface area (Å²) in [5.74, 6) is -0.142. The van der Waals surface area contributed by atoms with Crippen molar-refractivity contribution in [1.82, 2.24) is 4.72 Å². The molecule has 0 radical (unpaired) electrons. The van der Waals surface area contributed by atoms with Crippen LogP contribution >= 0.6 is 0 Å². The second-order valence-electron chi connectivity index (χ2n) is 7.15. The molecule has 8 nitrogen and oxygen atoms in total. The van der Waals surface area contributed by atoms with Gasteiger partial charge >= 0.3 is 6.09 Å². The van der Waals surface area contributed by atoms with E-state index in [1.54, 1.807) is 36.4 Å². The maximum atomic E-state index is 12.1. The minimum atomic E-state index is -3.65. The van der Waals surface area contributed by atoms with Crippen molar-refractivity contribution in [3.05, 3.63) is 65.6 Å². The average molecular weight is 446 g/mol. The van der Waals surface area contributed by atoms with E-state index in [1.165, 1.54) is 6.08 Å². The first-order chi connectivity index (χ1) is 14.7. The Bertz CT molecular complexity index is 1000. The number of ether oxygens (including phenoxy) is 1. The third-order valence-electron chi connectivity index (χ3n) is 3.84. The SMILES string of the molecule is CC(C)COC(=O)Nc1cccc(NC(=O)CCNS(=O)(=O)/C=C/c2ccccc2)c1. The molecule has 0 heterocycles. The van der Waals surface area contributed by atoms with Crippen molar-refractivity contribution in [1.29, 1.82) is 0 Å². The predicted molar refractivity (Wildman–Crippen MR) is 122 cm³/mol. The van der Waals surface area contributed by atoms with Gasteiger partial charge in [-0.25, -0.2) is 17.9 Å². The van der Waals surface area contributed by atoms with Crippen LogP contribution in [0.25, 0.3) is 6.08 Å². The molecular formula is C22H27N3O5S. The fourth-order valence-corrected chi connectivity index (χ4v) is 3.20. The van der Waals surface area contributed by atoms with E-state index in [0.717, 1.165) is 11.0 Å². The van der Waals surface area contributed by atoms with E-state index in [1.807, 2.05) is 32.0 Å². The van der Waals surface area contributed by atoms with Gasteiger partial charge in [0.15, 0.2) is 0 Å². The van der Waals surface area contributed by atoms with Crippen molar-refractivity contribution in [2.75, 3.05) is 23.8 Å². The molecular weight excluding hydrogens is 418 g/mol. The molecule has 31 heavy (non-hydrogen) atoms. The lowest BCUT2D eigenvalue weighted by molar-refractivity contribution is -0.116. The molecule has 9 heteroatoms. The smallest absolute Gasteiger partial charge is 0.411 e. The third kappa shape index (κ3) is 9.92. The molecule has 0 atom stereocenters. The number of sulfonamides is 1. The lowest BCUT2D eigenvalue weighted by Crippen LogP contribution is -2.26. The van der Waals surface area contributed by atoms with E-state index in [4.69, 9.17) is 4.74 Å². The van der Waals surface area contributed by atoms with Crippen molar-refractivity contribution in [2.24, 2.45) is 5.92 Å². The molecule has 2 aromatic carbocycles. The van der Waals surface area contributed by atoms with Crippen LogP contribution < -0.4 is 15.4 Å². The van der Waals surface area contributed by atoms with Crippen molar-refractivity contribution in [2.45, 2.75) is 20.3 Å². The van der Waals surface area contributed by atoms with Crippen LogP contribution in [0.3, 0.4) is 0 Å². The fourth-order valence-electron chi connectivity index (χ4n) is 2.38. The molecule has 0 aliphatic rings. The Labute approximate surface area is 182 Å². The van der Waals surface area contributed by atoms with Crippen LogP contribution in [0.1, 0.15) is 25.8 Å². The first-order valence-corrected chi connectivity index (χ1v) is 11.3. The predicted octanol–water partition coefficient (Wildman–Crippen LogP) is 3.81. The molecule has 0 aromatic heterocycles. The van der Waals surface area contributed by atoms with Crippen LogP contribution in [-0.2, 0) is 19.6 Å². The van der Waals surface area contributed by atoms with Crippen LogP contribution in [-0.4, -0.2) is 33.6 Å². The van der Waals surface area contributed by atoms with Crippen LogP contribution in [0.5, 0.6) is 0 Å². The number of hydrogen-bond acceptors (Lipinski definition) is 5. The van der Waals surface area contributed by atoms with E-state index in [9.17, 15) is 18.0 Å². The largest absolute Gasteiger partial charge is 0.449 e. The summed E-state index contributed by atoms with van der Waals surface area (Å²) in [6.45, 7) is 4.12. The Morgan fingerprint density at radius 1 is 1.00 bits per heavy atom. The minimum Gasteiger partial charge on any atom is -0.449 e. The van der Waals surface area contributed by atoms with E-state index >= 15 is 0 Å². The lowest BCUT2D eigenvalue weighted by Gasteiger charge is -2.10. The molecule has 166 valence electrons. The first-order valence-electron chi connectivity index (χ1n) is 9.80. The molecule has 3 N–H and O–H groups in total. The van der Waals surface area contributed by atoms with Gasteiger partial charge in [-0.15, -0.1) is 0 Å². The van der Waals surface area contributed by atoms with E-state index < -0.39 is 16.1 Å². The van der Waals surface area contributed by atoms with E-state index in [2.05, 4.69) is 15.4 Å². The van der Waals surface area contributed by atoms with Crippen LogP contribution in [0, 0.1) is 5.92 Å². The van der Waals surface area contributed by atoms with Gasteiger partial charge in [-0.3, -0.25) is 10.1 Å². The number of carbonyl (C=O) groups excluding carboxylic acids is 2. The molecule has 0 saturated carbocycles. The summed E-state index contributed by atoms with van der Waals surface area (Å²) in [6.07, 6.45) is 0.856. The number of benzene rings is 2. The zero-order valence-corrected chi connectivity index (χ0v) is 18.3. The maximum absolute atomic E-state index is 12.1. The molecule has 2 rings (SSSR count). The van der Waals surface area contributed by atoms with Crippen molar-refractivity contribution in [3.8, 4) is 0 Å². The lowest BCUT2D eigenvalue weighted by atomic mass is 10.2. The quantitative estimate of drug-likeness (QED) is 0.515. The number of amides is 2. The minimum absolute atomic E-state index is 0.0488. The van der Waals surface area contributed by atoms with Gasteiger partial charge in [0.05, 0.1) is 6.61 Å². The summed E-state index contributed by atoms with van der Waals surface area (Å²) in [6, 6.07) is 15.6. The van der Waals surface area contributed by atoms with E-state index in [0.29, 0.717) is 18.0 Å². The van der Waals surface area contributed by atoms with Crippen molar-refractivity contribution >= 4 is 39.5 Å². The van der Waals surface area contributed by atoms with Gasteiger partial charge in [-0.05, 0) is 35.8 Å². The summed E-state index contributed by atoms with van der Waals surface area (Å²) in [5, 5.41) is 6.32. The molecule has 0 fully saturated rings. The van der Waals surface area contributed by atoms with Gasteiger partial charge in [-0.1, -0.05) is 50.2 Å². The standard InChI is InChI=1S/C22H27N3O5S/c1-17(2)16-30-22(27)25-20-10-6-9-19(15-20)24-21(26)11-13-23-31(28,29)14-12-18-7-4-3-5-8-18/h3-10,12,14-15,17,23H,11,13,16H2,1-2H3,(H,24,26)(H,25,27)/b14-12+. The van der Waals surface area contributed by atoms with Gasteiger partial charge in [0.25, 0.3) is 0 Å². The Balaban J connectivity index is 1.79. The monoisotopic (exact) mass is 445 g/mol. The number of carbonyl (C=O) groups is 2. The second kappa shape index (κ2) is 11.9. The molecule has 0 bridgehead atoms. The fraction of sp³-hybridized carbons (Fsp3) is 0.273. The molecule has 0 unspecified atom stereocenters. The highest BCUT2D eigenvalue weighted by molar-refractivity contribution is 7.92. The van der Waals surface area contributed by atoms with Crippen molar-refractivity contribution in [3.63, 3.8) is 0 Å². The number of rotatable bonds is 10. The summed E-state index contributed by atoms with van der Waals surface area (Å²) >= 11 is 0. The van der Waals surface area contributed by atoms with Crippen LogP contribution in [0.2, 0.25) is 0 Å². The number of nitrogens with one attached hydrogen (secondary N) is 3. The second-order valence-corrected chi connectivity index (χ2v) is 8.80. The Morgan fingerprint density at radius 2 is 1.68 bits per heavy atom. The molecule has 0 saturated heterocycles. The maximum Gasteiger partial charge on any atom is 0.411 e. The summed E-state index contributed by atoms with van der Waals surface area (Å²) in [7, 11) is -3.65. The highest BCUT2D eigenvalue weighted by Gasteiger charge is 2.09. The normalized spacial score (nSPS) is 11.5. The Kier molecular flexibility index (Phi) is 9.23. The van der Waals surface area contributed by atoms with Gasteiger partial charge in [0.2, 0.25) is 15.9 Å². The van der Waals surface area contributed by atoms with E-state index in [-0.39, 0.29) is 24.8 Å². The summed E-state index contributed by atoms with van der Waals surface area (Å²) in [4.78, 5) is 23.9. The van der Waals surface area contributed by atoms with Gasteiger partial charge in [-0.2, -0.15) is 0 Å². The van der Waals surface area contributed by atoms with Gasteiger partial charge in [0, 0.05) is 29.7 Å². The highest BCUT2D eigenvalue weighted by Crippen LogP contribution is 2.15. The van der Waals surface area contributed by atoms with Gasteiger partial charge < -0.3 is 10.1 Å². The van der Waals surface area contributed by atoms with Crippen molar-refractivity contribution < 1.29 is 22.7 Å². The molecule has 2 aromatic rings. The number of anilines is 2.